The minimum Gasteiger partial charge on any atom is -0.497 e. The summed E-state index contributed by atoms with van der Waals surface area (Å²) in [5.74, 6) is -0.542. The maximum Gasteiger partial charge on any atom is 0.329 e. The van der Waals surface area contributed by atoms with E-state index in [2.05, 4.69) is 10.6 Å². The van der Waals surface area contributed by atoms with E-state index in [0.717, 1.165) is 0 Å². The number of hydrogen-bond donors (Lipinski definition) is 2. The minimum absolute atomic E-state index is 0.181. The van der Waals surface area contributed by atoms with Crippen LogP contribution in [0.2, 0.25) is 0 Å². The molecule has 1 aromatic rings. The lowest BCUT2D eigenvalue weighted by atomic mass is 10.2. The van der Waals surface area contributed by atoms with Crippen molar-refractivity contribution in [3.8, 4) is 5.75 Å². The molecule has 2 rings (SSSR count). The first-order chi connectivity index (χ1) is 10.1. The van der Waals surface area contributed by atoms with Crippen LogP contribution in [0.25, 0.3) is 0 Å². The van der Waals surface area contributed by atoms with Gasteiger partial charge in [-0.15, -0.1) is 0 Å². The fourth-order valence-corrected chi connectivity index (χ4v) is 1.90. The lowest BCUT2D eigenvalue weighted by Gasteiger charge is -2.10. The Balaban J connectivity index is 1.76. The van der Waals surface area contributed by atoms with Crippen molar-refractivity contribution in [1.29, 1.82) is 0 Å². The molecule has 7 nitrogen and oxygen atoms in total. The van der Waals surface area contributed by atoms with Gasteiger partial charge >= 0.3 is 5.97 Å². The Kier molecular flexibility index (Phi) is 4.76. The van der Waals surface area contributed by atoms with Gasteiger partial charge in [-0.25, -0.2) is 4.79 Å². The Bertz CT molecular complexity index is 541. The van der Waals surface area contributed by atoms with Crippen molar-refractivity contribution < 1.29 is 23.9 Å². The van der Waals surface area contributed by atoms with Crippen LogP contribution < -0.4 is 15.4 Å². The van der Waals surface area contributed by atoms with Crippen LogP contribution >= 0.6 is 0 Å². The molecule has 112 valence electrons. The average Bonchev–Trinajstić information content (AvgIpc) is 2.92. The van der Waals surface area contributed by atoms with Crippen LogP contribution in [-0.4, -0.2) is 37.5 Å². The molecule has 0 spiro atoms. The summed E-state index contributed by atoms with van der Waals surface area (Å²) >= 11 is 0. The van der Waals surface area contributed by atoms with Gasteiger partial charge in [0.25, 0.3) is 5.91 Å². The first-order valence-electron chi connectivity index (χ1n) is 6.48. The summed E-state index contributed by atoms with van der Waals surface area (Å²) in [5, 5.41) is 5.07. The molecule has 21 heavy (non-hydrogen) atoms. The van der Waals surface area contributed by atoms with Gasteiger partial charge in [-0.1, -0.05) is 0 Å². The quantitative estimate of drug-likeness (QED) is 0.769. The number of methoxy groups -OCH3 is 1. The zero-order valence-electron chi connectivity index (χ0n) is 11.5. The lowest BCUT2D eigenvalue weighted by molar-refractivity contribution is -0.149. The third-order valence-electron chi connectivity index (χ3n) is 3.00. The number of hydrogen-bond acceptors (Lipinski definition) is 5. The van der Waals surface area contributed by atoms with Crippen LogP contribution in [-0.2, 0) is 19.1 Å². The fourth-order valence-electron chi connectivity index (χ4n) is 1.90. The van der Waals surface area contributed by atoms with Crippen LogP contribution in [0.15, 0.2) is 24.3 Å². The number of nitrogens with one attached hydrogen (secondary N) is 2. The first kappa shape index (κ1) is 14.8. The molecule has 0 unspecified atom stereocenters. The molecule has 1 saturated heterocycles. The first-order valence-corrected chi connectivity index (χ1v) is 6.48. The van der Waals surface area contributed by atoms with E-state index < -0.39 is 24.5 Å². The summed E-state index contributed by atoms with van der Waals surface area (Å²) in [6.45, 7) is -0.392. The molecule has 0 radical (unpaired) electrons. The zero-order valence-corrected chi connectivity index (χ0v) is 11.5. The molecule has 2 N–H and O–H groups in total. The van der Waals surface area contributed by atoms with E-state index in [1.54, 1.807) is 31.4 Å². The lowest BCUT2D eigenvalue weighted by Crippen LogP contribution is -2.36. The maximum atomic E-state index is 11.6. The summed E-state index contributed by atoms with van der Waals surface area (Å²) in [7, 11) is 1.55. The average molecular weight is 292 g/mol. The predicted molar refractivity (Wildman–Crippen MR) is 73.7 cm³/mol. The van der Waals surface area contributed by atoms with Crippen molar-refractivity contribution in [2.45, 2.75) is 18.9 Å². The molecular weight excluding hydrogens is 276 g/mol. The zero-order chi connectivity index (χ0) is 15.2. The van der Waals surface area contributed by atoms with Gasteiger partial charge in [0.05, 0.1) is 7.11 Å². The molecule has 0 aromatic heterocycles. The van der Waals surface area contributed by atoms with Gasteiger partial charge in [-0.2, -0.15) is 0 Å². The van der Waals surface area contributed by atoms with Crippen molar-refractivity contribution in [3.05, 3.63) is 24.3 Å². The normalized spacial score (nSPS) is 17.0. The summed E-state index contributed by atoms with van der Waals surface area (Å²) in [5.41, 5.74) is 0.575. The van der Waals surface area contributed by atoms with Gasteiger partial charge in [-0.05, 0) is 30.7 Å². The Morgan fingerprint density at radius 1 is 1.33 bits per heavy atom. The molecule has 1 heterocycles. The van der Waals surface area contributed by atoms with Crippen molar-refractivity contribution in [3.63, 3.8) is 0 Å². The number of carbonyl (C=O) groups excluding carboxylic acids is 3. The van der Waals surface area contributed by atoms with Crippen molar-refractivity contribution >= 4 is 23.5 Å². The topological polar surface area (TPSA) is 93.7 Å². The van der Waals surface area contributed by atoms with E-state index in [1.165, 1.54) is 0 Å². The van der Waals surface area contributed by atoms with Crippen LogP contribution in [0, 0.1) is 0 Å². The van der Waals surface area contributed by atoms with E-state index in [-0.39, 0.29) is 5.91 Å². The molecule has 0 aliphatic carbocycles. The van der Waals surface area contributed by atoms with Gasteiger partial charge in [-0.3, -0.25) is 9.59 Å². The molecule has 0 bridgehead atoms. The number of amides is 2. The SMILES string of the molecule is COc1ccc(NC(=O)COC(=O)[C@@H]2CCC(=O)N2)cc1. The predicted octanol–water partition coefficient (Wildman–Crippen LogP) is 0.455. The highest BCUT2D eigenvalue weighted by atomic mass is 16.5. The molecule has 1 aromatic carbocycles. The number of esters is 1. The number of carbonyl (C=O) groups is 3. The fraction of sp³-hybridized carbons (Fsp3) is 0.357. The second-order valence-corrected chi connectivity index (χ2v) is 4.54. The Labute approximate surface area is 121 Å². The number of ether oxygens (including phenoxy) is 2. The molecule has 7 heteroatoms. The van der Waals surface area contributed by atoms with Crippen LogP contribution in [0.5, 0.6) is 5.75 Å². The number of benzene rings is 1. The highest BCUT2D eigenvalue weighted by Gasteiger charge is 2.28. The Hall–Kier alpha value is -2.57. The van der Waals surface area contributed by atoms with Gasteiger partial charge in [0, 0.05) is 12.1 Å². The highest BCUT2D eigenvalue weighted by molar-refractivity contribution is 5.94. The second kappa shape index (κ2) is 6.74. The maximum absolute atomic E-state index is 11.6. The molecule has 2 amide bonds. The number of rotatable bonds is 5. The summed E-state index contributed by atoms with van der Waals surface area (Å²) < 4.78 is 9.87. The van der Waals surface area contributed by atoms with E-state index in [1.807, 2.05) is 0 Å². The van der Waals surface area contributed by atoms with E-state index in [0.29, 0.717) is 24.3 Å². The molecule has 1 atom stereocenters. The van der Waals surface area contributed by atoms with E-state index >= 15 is 0 Å². The van der Waals surface area contributed by atoms with E-state index in [9.17, 15) is 14.4 Å². The minimum atomic E-state index is -0.647. The largest absolute Gasteiger partial charge is 0.497 e. The smallest absolute Gasteiger partial charge is 0.329 e. The Morgan fingerprint density at radius 2 is 2.05 bits per heavy atom. The van der Waals surface area contributed by atoms with Gasteiger partial charge in [0.1, 0.15) is 11.8 Å². The number of anilines is 1. The monoisotopic (exact) mass is 292 g/mol. The molecule has 1 fully saturated rings. The van der Waals surface area contributed by atoms with Crippen molar-refractivity contribution in [1.82, 2.24) is 5.32 Å². The van der Waals surface area contributed by atoms with E-state index in [4.69, 9.17) is 9.47 Å². The summed E-state index contributed by atoms with van der Waals surface area (Å²) in [4.78, 5) is 34.2. The van der Waals surface area contributed by atoms with Gasteiger partial charge < -0.3 is 20.1 Å². The molecule has 1 aliphatic rings. The summed E-state index contributed by atoms with van der Waals surface area (Å²) in [6, 6.07) is 6.11. The van der Waals surface area contributed by atoms with Gasteiger partial charge in [0.15, 0.2) is 6.61 Å². The van der Waals surface area contributed by atoms with Crippen LogP contribution in [0.3, 0.4) is 0 Å². The van der Waals surface area contributed by atoms with Crippen molar-refractivity contribution in [2.24, 2.45) is 0 Å². The molecule has 0 saturated carbocycles. The molecule has 1 aliphatic heterocycles. The van der Waals surface area contributed by atoms with Crippen LogP contribution in [0.1, 0.15) is 12.8 Å². The Morgan fingerprint density at radius 3 is 2.62 bits per heavy atom. The van der Waals surface area contributed by atoms with Crippen molar-refractivity contribution in [2.75, 3.05) is 19.0 Å². The third kappa shape index (κ3) is 4.20. The van der Waals surface area contributed by atoms with Crippen LogP contribution in [0.4, 0.5) is 5.69 Å². The van der Waals surface area contributed by atoms with Gasteiger partial charge in [0.2, 0.25) is 5.91 Å². The standard InChI is InChI=1S/C14H16N2O5/c1-20-10-4-2-9(3-5-10)15-13(18)8-21-14(19)11-6-7-12(17)16-11/h2-5,11H,6-8H2,1H3,(H,15,18)(H,16,17)/t11-/m0/s1. The third-order valence-corrected chi connectivity index (χ3v) is 3.00. The summed E-state index contributed by atoms with van der Waals surface area (Å²) in [6.07, 6.45) is 0.704. The second-order valence-electron chi connectivity index (χ2n) is 4.54. The molecular formula is C14H16N2O5. The highest BCUT2D eigenvalue weighted by Crippen LogP contribution is 2.15.